The fourth-order valence-electron chi connectivity index (χ4n) is 2.35. The maximum absolute atomic E-state index is 11.4. The molecular formula is C15H16N4O. The van der Waals surface area contributed by atoms with Crippen LogP contribution in [0.1, 0.15) is 35.7 Å². The second-order valence-corrected chi connectivity index (χ2v) is 4.61. The zero-order valence-corrected chi connectivity index (χ0v) is 11.6. The van der Waals surface area contributed by atoms with Gasteiger partial charge < -0.3 is 0 Å². The number of aryl methyl sites for hydroxylation is 2. The summed E-state index contributed by atoms with van der Waals surface area (Å²) in [5.41, 5.74) is 3.35. The van der Waals surface area contributed by atoms with Crippen molar-refractivity contribution < 1.29 is 4.79 Å². The number of fused-ring (bicyclic) bond motifs is 1. The van der Waals surface area contributed by atoms with Gasteiger partial charge in [0.05, 0.1) is 5.69 Å². The van der Waals surface area contributed by atoms with Crippen molar-refractivity contribution in [3.8, 4) is 5.82 Å². The summed E-state index contributed by atoms with van der Waals surface area (Å²) in [5.74, 6) is 0.600. The largest absolute Gasteiger partial charge is 0.296 e. The minimum absolute atomic E-state index is 0.529. The number of aldehydes is 1. The number of pyridine rings is 1. The van der Waals surface area contributed by atoms with E-state index in [1.54, 1.807) is 9.08 Å². The SMILES string of the molecule is CCc1cc(CC)n(-c2nc3ccccn3c2C=O)n1. The third-order valence-corrected chi connectivity index (χ3v) is 3.42. The highest BCUT2D eigenvalue weighted by Gasteiger charge is 2.16. The van der Waals surface area contributed by atoms with E-state index in [1.165, 1.54) is 0 Å². The van der Waals surface area contributed by atoms with E-state index in [1.807, 2.05) is 24.4 Å². The van der Waals surface area contributed by atoms with Crippen molar-refractivity contribution in [3.05, 3.63) is 47.5 Å². The Bertz CT molecular complexity index is 769. The lowest BCUT2D eigenvalue weighted by Gasteiger charge is -2.02. The van der Waals surface area contributed by atoms with Crippen LogP contribution in [0.5, 0.6) is 0 Å². The predicted molar refractivity (Wildman–Crippen MR) is 76.5 cm³/mol. The van der Waals surface area contributed by atoms with Gasteiger partial charge in [0, 0.05) is 11.9 Å². The third-order valence-electron chi connectivity index (χ3n) is 3.42. The third kappa shape index (κ3) is 1.82. The molecule has 0 aromatic carbocycles. The molecule has 5 nitrogen and oxygen atoms in total. The second kappa shape index (κ2) is 4.92. The number of hydrogen-bond acceptors (Lipinski definition) is 3. The van der Waals surface area contributed by atoms with Crippen LogP contribution < -0.4 is 0 Å². The van der Waals surface area contributed by atoms with Crippen molar-refractivity contribution in [3.63, 3.8) is 0 Å². The average Bonchev–Trinajstić information content (AvgIpc) is 3.07. The molecule has 5 heteroatoms. The van der Waals surface area contributed by atoms with Crippen LogP contribution in [0, 0.1) is 0 Å². The summed E-state index contributed by atoms with van der Waals surface area (Å²) in [4.78, 5) is 16.0. The van der Waals surface area contributed by atoms with Crippen molar-refractivity contribution in [1.82, 2.24) is 19.2 Å². The molecule has 0 amide bonds. The van der Waals surface area contributed by atoms with Gasteiger partial charge in [0.15, 0.2) is 12.1 Å². The van der Waals surface area contributed by atoms with Gasteiger partial charge in [-0.2, -0.15) is 5.10 Å². The summed E-state index contributed by atoms with van der Waals surface area (Å²) in [6, 6.07) is 7.74. The number of carbonyl (C=O) groups is 1. The van der Waals surface area contributed by atoms with Crippen LogP contribution in [0.25, 0.3) is 11.5 Å². The highest BCUT2D eigenvalue weighted by Crippen LogP contribution is 2.18. The van der Waals surface area contributed by atoms with Gasteiger partial charge in [0.1, 0.15) is 11.3 Å². The minimum Gasteiger partial charge on any atom is -0.296 e. The van der Waals surface area contributed by atoms with Crippen LogP contribution >= 0.6 is 0 Å². The standard InChI is InChI=1S/C15H16N4O/c1-3-11-9-12(4-2)19(17-11)15-13(10-20)18-8-6-5-7-14(18)16-15/h5-10H,3-4H2,1-2H3. The van der Waals surface area contributed by atoms with Crippen LogP contribution in [0.3, 0.4) is 0 Å². The predicted octanol–water partition coefficient (Wildman–Crippen LogP) is 2.46. The van der Waals surface area contributed by atoms with E-state index in [-0.39, 0.29) is 0 Å². The van der Waals surface area contributed by atoms with Gasteiger partial charge in [-0.3, -0.25) is 9.20 Å². The van der Waals surface area contributed by atoms with Gasteiger partial charge in [-0.05, 0) is 31.0 Å². The smallest absolute Gasteiger partial charge is 0.183 e. The van der Waals surface area contributed by atoms with E-state index in [4.69, 9.17) is 0 Å². The lowest BCUT2D eigenvalue weighted by molar-refractivity contribution is 0.111. The summed E-state index contributed by atoms with van der Waals surface area (Å²) in [5, 5.41) is 4.56. The molecule has 3 aromatic rings. The molecule has 0 saturated carbocycles. The quantitative estimate of drug-likeness (QED) is 0.683. The van der Waals surface area contributed by atoms with Gasteiger partial charge in [0.2, 0.25) is 0 Å². The highest BCUT2D eigenvalue weighted by molar-refractivity contribution is 5.79. The Morgan fingerprint density at radius 1 is 1.25 bits per heavy atom. The molecule has 0 atom stereocenters. The molecule has 0 aliphatic carbocycles. The van der Waals surface area contributed by atoms with E-state index in [0.717, 1.165) is 36.2 Å². The molecule has 0 N–H and O–H groups in total. The lowest BCUT2D eigenvalue weighted by atomic mass is 10.2. The molecule has 0 saturated heterocycles. The first-order valence-electron chi connectivity index (χ1n) is 6.79. The fraction of sp³-hybridized carbons (Fsp3) is 0.267. The van der Waals surface area contributed by atoms with E-state index in [2.05, 4.69) is 30.0 Å². The summed E-state index contributed by atoms with van der Waals surface area (Å²) in [6.07, 6.45) is 4.39. The molecule has 0 bridgehead atoms. The van der Waals surface area contributed by atoms with Gasteiger partial charge in [-0.15, -0.1) is 0 Å². The Balaban J connectivity index is 2.28. The molecule has 0 aliphatic heterocycles. The zero-order valence-electron chi connectivity index (χ0n) is 11.6. The Morgan fingerprint density at radius 3 is 2.80 bits per heavy atom. The molecule has 3 heterocycles. The number of hydrogen-bond donors (Lipinski definition) is 0. The maximum atomic E-state index is 11.4. The number of imidazole rings is 1. The highest BCUT2D eigenvalue weighted by atomic mass is 16.1. The first-order valence-corrected chi connectivity index (χ1v) is 6.79. The maximum Gasteiger partial charge on any atom is 0.183 e. The van der Waals surface area contributed by atoms with Crippen molar-refractivity contribution in [2.45, 2.75) is 26.7 Å². The van der Waals surface area contributed by atoms with E-state index in [9.17, 15) is 4.79 Å². The second-order valence-electron chi connectivity index (χ2n) is 4.61. The first-order chi connectivity index (χ1) is 9.78. The average molecular weight is 268 g/mol. The fourth-order valence-corrected chi connectivity index (χ4v) is 2.35. The van der Waals surface area contributed by atoms with Crippen molar-refractivity contribution in [1.29, 1.82) is 0 Å². The summed E-state index contributed by atoms with van der Waals surface area (Å²) < 4.78 is 3.57. The van der Waals surface area contributed by atoms with E-state index in [0.29, 0.717) is 11.5 Å². The molecule has 0 spiro atoms. The van der Waals surface area contributed by atoms with Gasteiger partial charge in [0.25, 0.3) is 0 Å². The first kappa shape index (κ1) is 12.6. The lowest BCUT2D eigenvalue weighted by Crippen LogP contribution is -2.05. The van der Waals surface area contributed by atoms with Crippen molar-refractivity contribution >= 4 is 11.9 Å². The Hall–Kier alpha value is -2.43. The summed E-state index contributed by atoms with van der Waals surface area (Å²) in [7, 11) is 0. The number of aromatic nitrogens is 4. The molecular weight excluding hydrogens is 252 g/mol. The number of rotatable bonds is 4. The zero-order chi connectivity index (χ0) is 14.1. The Morgan fingerprint density at radius 2 is 2.10 bits per heavy atom. The van der Waals surface area contributed by atoms with Crippen LogP contribution in [-0.2, 0) is 12.8 Å². The summed E-state index contributed by atoms with van der Waals surface area (Å²) in [6.45, 7) is 4.14. The van der Waals surface area contributed by atoms with Crippen LogP contribution in [0.4, 0.5) is 0 Å². The van der Waals surface area contributed by atoms with Gasteiger partial charge in [-0.1, -0.05) is 19.9 Å². The number of nitrogens with zero attached hydrogens (tertiary/aromatic N) is 4. The van der Waals surface area contributed by atoms with Crippen LogP contribution in [-0.4, -0.2) is 25.5 Å². The molecule has 0 fully saturated rings. The van der Waals surface area contributed by atoms with Gasteiger partial charge in [-0.25, -0.2) is 9.67 Å². The monoisotopic (exact) mass is 268 g/mol. The molecule has 0 aliphatic rings. The van der Waals surface area contributed by atoms with E-state index >= 15 is 0 Å². The molecule has 102 valence electrons. The van der Waals surface area contributed by atoms with Crippen LogP contribution in [0.2, 0.25) is 0 Å². The molecule has 0 radical (unpaired) electrons. The Kier molecular flexibility index (Phi) is 3.10. The molecule has 0 unspecified atom stereocenters. The normalized spacial score (nSPS) is 11.1. The van der Waals surface area contributed by atoms with Crippen molar-refractivity contribution in [2.75, 3.05) is 0 Å². The van der Waals surface area contributed by atoms with Crippen LogP contribution in [0.15, 0.2) is 30.5 Å². The van der Waals surface area contributed by atoms with E-state index < -0.39 is 0 Å². The van der Waals surface area contributed by atoms with Crippen molar-refractivity contribution in [2.24, 2.45) is 0 Å². The Labute approximate surface area is 116 Å². The molecule has 3 aromatic heterocycles. The molecule has 20 heavy (non-hydrogen) atoms. The molecule has 3 rings (SSSR count). The number of carbonyl (C=O) groups excluding carboxylic acids is 1. The van der Waals surface area contributed by atoms with Gasteiger partial charge >= 0.3 is 0 Å². The topological polar surface area (TPSA) is 52.2 Å². The summed E-state index contributed by atoms with van der Waals surface area (Å²) >= 11 is 0. The minimum atomic E-state index is 0.529.